The average Bonchev–Trinajstić information content (AvgIpc) is 3.41. The Morgan fingerprint density at radius 1 is 1.00 bits per heavy atom. The van der Waals surface area contributed by atoms with Crippen molar-refractivity contribution in [3.63, 3.8) is 0 Å². The van der Waals surface area contributed by atoms with Crippen LogP contribution in [0.2, 0.25) is 0 Å². The van der Waals surface area contributed by atoms with E-state index >= 15 is 0 Å². The fourth-order valence-electron chi connectivity index (χ4n) is 4.79. The standard InChI is InChI=1S/C30H41N5O4/c1-18(2)26(34-28(37)20(4)32-5)30(39)35-15-7-10-25(35)29(38)33-24(27(31)36)17-21-11-13-22(14-12-21)23-9-6-8-19(3)16-23/h6,8-9,11-14,16,18,20,24-26,32H,7,10,15,17H2,1-5H3,(H2,31,36)(H,33,38)(H,34,37)/t20-,24-,25-,26-/m0/s1. The molecular formula is C30H41N5O4. The van der Waals surface area contributed by atoms with Gasteiger partial charge in [-0.1, -0.05) is 67.9 Å². The van der Waals surface area contributed by atoms with Gasteiger partial charge in [0.2, 0.25) is 23.6 Å². The van der Waals surface area contributed by atoms with Gasteiger partial charge in [0.25, 0.3) is 0 Å². The second-order valence-electron chi connectivity index (χ2n) is 10.7. The van der Waals surface area contributed by atoms with Crippen LogP contribution in [0.15, 0.2) is 48.5 Å². The second-order valence-corrected chi connectivity index (χ2v) is 10.7. The number of rotatable bonds is 11. The molecule has 4 amide bonds. The molecular weight excluding hydrogens is 494 g/mol. The molecule has 1 heterocycles. The number of primary amides is 1. The molecule has 0 radical (unpaired) electrons. The fourth-order valence-corrected chi connectivity index (χ4v) is 4.79. The third-order valence-electron chi connectivity index (χ3n) is 7.30. The molecule has 3 rings (SSSR count). The highest BCUT2D eigenvalue weighted by molar-refractivity contribution is 5.95. The van der Waals surface area contributed by atoms with Crippen LogP contribution in [0, 0.1) is 12.8 Å². The van der Waals surface area contributed by atoms with Crippen LogP contribution >= 0.6 is 0 Å². The molecule has 39 heavy (non-hydrogen) atoms. The minimum atomic E-state index is -0.919. The van der Waals surface area contributed by atoms with Crippen molar-refractivity contribution >= 4 is 23.6 Å². The highest BCUT2D eigenvalue weighted by Crippen LogP contribution is 2.23. The minimum absolute atomic E-state index is 0.170. The summed E-state index contributed by atoms with van der Waals surface area (Å²) in [6, 6.07) is 13.1. The predicted molar refractivity (Wildman–Crippen MR) is 151 cm³/mol. The highest BCUT2D eigenvalue weighted by Gasteiger charge is 2.39. The number of hydrogen-bond acceptors (Lipinski definition) is 5. The Hall–Kier alpha value is -3.72. The van der Waals surface area contributed by atoms with E-state index in [2.05, 4.69) is 22.0 Å². The van der Waals surface area contributed by atoms with E-state index in [-0.39, 0.29) is 24.2 Å². The van der Waals surface area contributed by atoms with E-state index in [1.54, 1.807) is 14.0 Å². The van der Waals surface area contributed by atoms with Gasteiger partial charge in [-0.3, -0.25) is 19.2 Å². The van der Waals surface area contributed by atoms with Crippen LogP contribution in [0.5, 0.6) is 0 Å². The van der Waals surface area contributed by atoms with Crippen molar-refractivity contribution in [1.82, 2.24) is 20.9 Å². The Labute approximate surface area is 230 Å². The first-order chi connectivity index (χ1) is 18.5. The number of carbonyl (C=O) groups excluding carboxylic acids is 4. The highest BCUT2D eigenvalue weighted by atomic mass is 16.2. The SMILES string of the molecule is CN[C@@H](C)C(=O)N[C@H](C(=O)N1CCC[C@H]1C(=O)N[C@@H](Cc1ccc(-c2cccc(C)c2)cc1)C(N)=O)C(C)C. The summed E-state index contributed by atoms with van der Waals surface area (Å²) in [5, 5.41) is 8.46. The molecule has 1 fully saturated rings. The Kier molecular flexibility index (Phi) is 10.2. The lowest BCUT2D eigenvalue weighted by molar-refractivity contribution is -0.143. The third kappa shape index (κ3) is 7.66. The van der Waals surface area contributed by atoms with E-state index in [4.69, 9.17) is 5.73 Å². The molecule has 4 atom stereocenters. The van der Waals surface area contributed by atoms with Gasteiger partial charge in [0.05, 0.1) is 6.04 Å². The maximum absolute atomic E-state index is 13.4. The molecule has 1 aliphatic rings. The zero-order chi connectivity index (χ0) is 28.7. The van der Waals surface area contributed by atoms with Gasteiger partial charge >= 0.3 is 0 Å². The van der Waals surface area contributed by atoms with Gasteiger partial charge in [-0.2, -0.15) is 0 Å². The van der Waals surface area contributed by atoms with E-state index < -0.39 is 36.0 Å². The zero-order valence-electron chi connectivity index (χ0n) is 23.5. The van der Waals surface area contributed by atoms with Crippen molar-refractivity contribution in [3.8, 4) is 11.1 Å². The molecule has 0 unspecified atom stereocenters. The zero-order valence-corrected chi connectivity index (χ0v) is 23.5. The lowest BCUT2D eigenvalue weighted by Gasteiger charge is -2.31. The van der Waals surface area contributed by atoms with Crippen molar-refractivity contribution in [2.24, 2.45) is 11.7 Å². The summed E-state index contributed by atoms with van der Waals surface area (Å²) in [6.45, 7) is 7.86. The van der Waals surface area contributed by atoms with Gasteiger partial charge in [0, 0.05) is 13.0 Å². The quantitative estimate of drug-likeness (QED) is 0.349. The fraction of sp³-hybridized carbons (Fsp3) is 0.467. The van der Waals surface area contributed by atoms with Gasteiger partial charge in [-0.05, 0) is 56.3 Å². The number of carbonyl (C=O) groups is 4. The molecule has 9 nitrogen and oxygen atoms in total. The molecule has 1 saturated heterocycles. The van der Waals surface area contributed by atoms with E-state index in [0.29, 0.717) is 19.4 Å². The maximum Gasteiger partial charge on any atom is 0.246 e. The molecule has 210 valence electrons. The van der Waals surface area contributed by atoms with E-state index in [1.165, 1.54) is 10.5 Å². The van der Waals surface area contributed by atoms with Crippen LogP contribution in [0.4, 0.5) is 0 Å². The second kappa shape index (κ2) is 13.4. The number of likely N-dealkylation sites (N-methyl/N-ethyl adjacent to an activating group) is 1. The van der Waals surface area contributed by atoms with Crippen molar-refractivity contribution in [3.05, 3.63) is 59.7 Å². The first-order valence-corrected chi connectivity index (χ1v) is 13.6. The number of hydrogen-bond donors (Lipinski definition) is 4. The van der Waals surface area contributed by atoms with Gasteiger partial charge in [-0.25, -0.2) is 0 Å². The smallest absolute Gasteiger partial charge is 0.246 e. The number of nitrogens with two attached hydrogens (primary N) is 1. The molecule has 0 aromatic heterocycles. The molecule has 0 bridgehead atoms. The molecule has 1 aliphatic heterocycles. The summed E-state index contributed by atoms with van der Waals surface area (Å²) in [6.07, 6.45) is 1.36. The van der Waals surface area contributed by atoms with Gasteiger partial charge in [0.1, 0.15) is 18.1 Å². The van der Waals surface area contributed by atoms with Crippen LogP contribution in [-0.4, -0.2) is 66.3 Å². The summed E-state index contributed by atoms with van der Waals surface area (Å²) >= 11 is 0. The van der Waals surface area contributed by atoms with Crippen molar-refractivity contribution < 1.29 is 19.2 Å². The van der Waals surface area contributed by atoms with Crippen LogP contribution in [0.1, 0.15) is 44.7 Å². The Morgan fingerprint density at radius 3 is 2.28 bits per heavy atom. The lowest BCUT2D eigenvalue weighted by Crippen LogP contribution is -2.58. The van der Waals surface area contributed by atoms with Crippen molar-refractivity contribution in [2.75, 3.05) is 13.6 Å². The van der Waals surface area contributed by atoms with E-state index in [9.17, 15) is 19.2 Å². The number of amides is 4. The summed E-state index contributed by atoms with van der Waals surface area (Å²) in [5.74, 6) is -1.82. The topological polar surface area (TPSA) is 134 Å². The van der Waals surface area contributed by atoms with Gasteiger partial charge in [0.15, 0.2) is 0 Å². The summed E-state index contributed by atoms with van der Waals surface area (Å²) in [4.78, 5) is 53.0. The monoisotopic (exact) mass is 535 g/mol. The van der Waals surface area contributed by atoms with Crippen LogP contribution < -0.4 is 21.7 Å². The summed E-state index contributed by atoms with van der Waals surface area (Å²) < 4.78 is 0. The molecule has 9 heteroatoms. The minimum Gasteiger partial charge on any atom is -0.368 e. The molecule has 0 spiro atoms. The van der Waals surface area contributed by atoms with Gasteiger partial charge < -0.3 is 26.6 Å². The Morgan fingerprint density at radius 2 is 1.69 bits per heavy atom. The number of likely N-dealkylation sites (tertiary alicyclic amines) is 1. The number of benzene rings is 2. The third-order valence-corrected chi connectivity index (χ3v) is 7.30. The molecule has 2 aromatic rings. The molecule has 0 aliphatic carbocycles. The summed E-state index contributed by atoms with van der Waals surface area (Å²) in [7, 11) is 1.67. The first-order valence-electron chi connectivity index (χ1n) is 13.6. The molecule has 5 N–H and O–H groups in total. The maximum atomic E-state index is 13.4. The Bertz CT molecular complexity index is 1180. The normalized spacial score (nSPS) is 17.4. The largest absolute Gasteiger partial charge is 0.368 e. The number of nitrogens with zero attached hydrogens (tertiary/aromatic N) is 1. The van der Waals surface area contributed by atoms with E-state index in [0.717, 1.165) is 16.7 Å². The predicted octanol–water partition coefficient (Wildman–Crippen LogP) is 1.91. The van der Waals surface area contributed by atoms with Gasteiger partial charge in [-0.15, -0.1) is 0 Å². The first kappa shape index (κ1) is 29.8. The Balaban J connectivity index is 1.68. The van der Waals surface area contributed by atoms with Crippen LogP contribution in [0.3, 0.4) is 0 Å². The van der Waals surface area contributed by atoms with Crippen molar-refractivity contribution in [1.29, 1.82) is 0 Å². The number of aryl methyl sites for hydroxylation is 1. The number of nitrogens with one attached hydrogen (secondary N) is 3. The average molecular weight is 536 g/mol. The van der Waals surface area contributed by atoms with Crippen LogP contribution in [-0.2, 0) is 25.6 Å². The van der Waals surface area contributed by atoms with E-state index in [1.807, 2.05) is 63.2 Å². The molecule has 2 aromatic carbocycles. The molecule has 0 saturated carbocycles. The van der Waals surface area contributed by atoms with Crippen LogP contribution in [0.25, 0.3) is 11.1 Å². The lowest BCUT2D eigenvalue weighted by atomic mass is 9.99. The summed E-state index contributed by atoms with van der Waals surface area (Å²) in [5.41, 5.74) is 9.84. The van der Waals surface area contributed by atoms with Crippen molar-refractivity contribution in [2.45, 2.75) is 71.1 Å².